The first-order valence-electron chi connectivity index (χ1n) is 8.62. The predicted molar refractivity (Wildman–Crippen MR) is 92.3 cm³/mol. The number of fused-ring (bicyclic) bond motifs is 1. The van der Waals surface area contributed by atoms with Gasteiger partial charge in [-0.1, -0.05) is 6.07 Å². The number of hydrogen-bond acceptors (Lipinski definition) is 3. The van der Waals surface area contributed by atoms with Gasteiger partial charge in [0.15, 0.2) is 0 Å². The lowest BCUT2D eigenvalue weighted by Gasteiger charge is -2.27. The van der Waals surface area contributed by atoms with E-state index >= 15 is 0 Å². The van der Waals surface area contributed by atoms with Crippen LogP contribution >= 0.6 is 0 Å². The van der Waals surface area contributed by atoms with Gasteiger partial charge in [-0.15, -0.1) is 0 Å². The third kappa shape index (κ3) is 3.32. The van der Waals surface area contributed by atoms with E-state index in [9.17, 15) is 9.59 Å². The number of rotatable bonds is 3. The van der Waals surface area contributed by atoms with Gasteiger partial charge in [-0.3, -0.25) is 9.69 Å². The second-order valence-corrected chi connectivity index (χ2v) is 6.46. The first-order valence-corrected chi connectivity index (χ1v) is 8.62. The largest absolute Gasteiger partial charge is 0.497 e. The zero-order chi connectivity index (χ0) is 17.1. The SMILES string of the molecule is CCN(C(=O)N1CC2CCCC(=O)NC2C1)c1cccc(OC)c1. The Hall–Kier alpha value is -2.24. The molecule has 0 spiro atoms. The van der Waals surface area contributed by atoms with Gasteiger partial charge in [-0.2, -0.15) is 0 Å². The number of carbonyl (C=O) groups excluding carboxylic acids is 2. The number of likely N-dealkylation sites (tertiary alicyclic amines) is 1. The maximum atomic E-state index is 13.0. The number of benzene rings is 1. The monoisotopic (exact) mass is 331 g/mol. The highest BCUT2D eigenvalue weighted by atomic mass is 16.5. The number of anilines is 1. The Morgan fingerprint density at radius 2 is 2.25 bits per heavy atom. The van der Waals surface area contributed by atoms with Gasteiger partial charge in [0, 0.05) is 37.8 Å². The van der Waals surface area contributed by atoms with Gasteiger partial charge in [-0.25, -0.2) is 4.79 Å². The molecule has 1 aromatic carbocycles. The summed E-state index contributed by atoms with van der Waals surface area (Å²) in [4.78, 5) is 28.4. The molecule has 2 aliphatic rings. The molecule has 2 heterocycles. The molecule has 3 rings (SSSR count). The van der Waals surface area contributed by atoms with E-state index in [1.54, 1.807) is 12.0 Å². The van der Waals surface area contributed by atoms with Crippen molar-refractivity contribution in [2.75, 3.05) is 31.6 Å². The van der Waals surface area contributed by atoms with Crippen molar-refractivity contribution in [3.05, 3.63) is 24.3 Å². The number of ether oxygens (including phenoxy) is 1. The van der Waals surface area contributed by atoms with E-state index < -0.39 is 0 Å². The summed E-state index contributed by atoms with van der Waals surface area (Å²) in [6.45, 7) is 3.86. The van der Waals surface area contributed by atoms with Crippen LogP contribution in [0.25, 0.3) is 0 Å². The third-order valence-corrected chi connectivity index (χ3v) is 4.95. The Balaban J connectivity index is 1.74. The molecule has 6 heteroatoms. The fourth-order valence-electron chi connectivity index (χ4n) is 3.66. The molecule has 6 nitrogen and oxygen atoms in total. The number of nitrogens with one attached hydrogen (secondary N) is 1. The summed E-state index contributed by atoms with van der Waals surface area (Å²) < 4.78 is 5.26. The molecule has 0 aliphatic carbocycles. The van der Waals surface area contributed by atoms with Gasteiger partial charge in [0.2, 0.25) is 5.91 Å². The molecule has 3 amide bonds. The lowest BCUT2D eigenvalue weighted by Crippen LogP contribution is -2.44. The van der Waals surface area contributed by atoms with Crippen LogP contribution < -0.4 is 15.0 Å². The average Bonchev–Trinajstić information content (AvgIpc) is 2.90. The van der Waals surface area contributed by atoms with Crippen molar-refractivity contribution in [3.63, 3.8) is 0 Å². The van der Waals surface area contributed by atoms with Gasteiger partial charge in [0.25, 0.3) is 0 Å². The Labute approximate surface area is 142 Å². The first-order chi connectivity index (χ1) is 11.6. The Kier molecular flexibility index (Phi) is 4.92. The number of carbonyl (C=O) groups is 2. The van der Waals surface area contributed by atoms with E-state index in [1.165, 1.54) is 0 Å². The van der Waals surface area contributed by atoms with Crippen molar-refractivity contribution in [2.45, 2.75) is 32.2 Å². The normalized spacial score (nSPS) is 23.2. The van der Waals surface area contributed by atoms with Crippen molar-refractivity contribution >= 4 is 17.6 Å². The first kappa shape index (κ1) is 16.6. The third-order valence-electron chi connectivity index (χ3n) is 4.95. The quantitative estimate of drug-likeness (QED) is 0.924. The Bertz CT molecular complexity index is 619. The van der Waals surface area contributed by atoms with Crippen LogP contribution in [0.1, 0.15) is 26.2 Å². The summed E-state index contributed by atoms with van der Waals surface area (Å²) in [6.07, 6.45) is 2.51. The van der Waals surface area contributed by atoms with E-state index in [0.717, 1.165) is 24.3 Å². The molecule has 0 saturated carbocycles. The molecule has 1 N–H and O–H groups in total. The van der Waals surface area contributed by atoms with Crippen LogP contribution in [0.15, 0.2) is 24.3 Å². The molecular formula is C18H25N3O3. The van der Waals surface area contributed by atoms with Crippen molar-refractivity contribution in [2.24, 2.45) is 5.92 Å². The molecule has 0 radical (unpaired) electrons. The summed E-state index contributed by atoms with van der Waals surface area (Å²) in [5.41, 5.74) is 0.831. The highest BCUT2D eigenvalue weighted by Crippen LogP contribution is 2.28. The lowest BCUT2D eigenvalue weighted by atomic mass is 9.99. The van der Waals surface area contributed by atoms with Gasteiger partial charge >= 0.3 is 6.03 Å². The van der Waals surface area contributed by atoms with Crippen molar-refractivity contribution in [1.82, 2.24) is 10.2 Å². The van der Waals surface area contributed by atoms with Crippen LogP contribution in [0.3, 0.4) is 0 Å². The van der Waals surface area contributed by atoms with Gasteiger partial charge in [0.05, 0.1) is 13.2 Å². The van der Waals surface area contributed by atoms with Gasteiger partial charge in [-0.05, 0) is 37.8 Å². The standard InChI is InChI=1S/C18H25N3O3/c1-3-21(14-7-5-8-15(10-14)24-2)18(23)20-11-13-6-4-9-17(22)19-16(13)12-20/h5,7-8,10,13,16H,3-4,6,9,11-12H2,1-2H3,(H,19,22). The van der Waals surface area contributed by atoms with Crippen LogP contribution in [0.2, 0.25) is 0 Å². The zero-order valence-electron chi connectivity index (χ0n) is 14.3. The van der Waals surface area contributed by atoms with Crippen LogP contribution in [0.4, 0.5) is 10.5 Å². The summed E-state index contributed by atoms with van der Waals surface area (Å²) >= 11 is 0. The van der Waals surface area contributed by atoms with Crippen LogP contribution in [0, 0.1) is 5.92 Å². The average molecular weight is 331 g/mol. The summed E-state index contributed by atoms with van der Waals surface area (Å²) in [5.74, 6) is 1.21. The number of hydrogen-bond donors (Lipinski definition) is 1. The molecule has 24 heavy (non-hydrogen) atoms. The van der Waals surface area contributed by atoms with E-state index in [0.29, 0.717) is 32.0 Å². The number of amides is 3. The zero-order valence-corrected chi connectivity index (χ0v) is 14.3. The summed E-state index contributed by atoms with van der Waals surface area (Å²) in [6, 6.07) is 7.63. The topological polar surface area (TPSA) is 61.9 Å². The molecule has 2 saturated heterocycles. The molecule has 2 aliphatic heterocycles. The predicted octanol–water partition coefficient (Wildman–Crippen LogP) is 2.24. The van der Waals surface area contributed by atoms with Crippen molar-refractivity contribution < 1.29 is 14.3 Å². The van der Waals surface area contributed by atoms with E-state index in [1.807, 2.05) is 36.1 Å². The maximum absolute atomic E-state index is 13.0. The fourth-order valence-corrected chi connectivity index (χ4v) is 3.66. The molecule has 0 aromatic heterocycles. The van der Waals surface area contributed by atoms with Crippen LogP contribution in [-0.4, -0.2) is 49.6 Å². The van der Waals surface area contributed by atoms with E-state index in [2.05, 4.69) is 5.32 Å². The van der Waals surface area contributed by atoms with Crippen molar-refractivity contribution in [1.29, 1.82) is 0 Å². The second kappa shape index (κ2) is 7.11. The molecular weight excluding hydrogens is 306 g/mol. The lowest BCUT2D eigenvalue weighted by molar-refractivity contribution is -0.121. The van der Waals surface area contributed by atoms with Gasteiger partial charge < -0.3 is 15.0 Å². The van der Waals surface area contributed by atoms with Gasteiger partial charge in [0.1, 0.15) is 5.75 Å². The van der Waals surface area contributed by atoms with Crippen LogP contribution in [-0.2, 0) is 4.79 Å². The minimum absolute atomic E-state index is 0.00641. The summed E-state index contributed by atoms with van der Waals surface area (Å²) in [5, 5.41) is 3.07. The Morgan fingerprint density at radius 1 is 1.42 bits per heavy atom. The van der Waals surface area contributed by atoms with Crippen LogP contribution in [0.5, 0.6) is 5.75 Å². The van der Waals surface area contributed by atoms with E-state index in [-0.39, 0.29) is 18.0 Å². The Morgan fingerprint density at radius 3 is 3.00 bits per heavy atom. The molecule has 2 unspecified atom stereocenters. The fraction of sp³-hybridized carbons (Fsp3) is 0.556. The number of nitrogens with zero attached hydrogens (tertiary/aromatic N) is 2. The van der Waals surface area contributed by atoms with Crippen molar-refractivity contribution in [3.8, 4) is 5.75 Å². The highest BCUT2D eigenvalue weighted by Gasteiger charge is 2.38. The highest BCUT2D eigenvalue weighted by molar-refractivity contribution is 5.92. The molecule has 130 valence electrons. The molecule has 0 bridgehead atoms. The van der Waals surface area contributed by atoms with E-state index in [4.69, 9.17) is 4.74 Å². The number of urea groups is 1. The maximum Gasteiger partial charge on any atom is 0.324 e. The molecule has 2 atom stereocenters. The smallest absolute Gasteiger partial charge is 0.324 e. The minimum atomic E-state index is -0.00641. The molecule has 1 aromatic rings. The minimum Gasteiger partial charge on any atom is -0.497 e. The molecule has 2 fully saturated rings. The summed E-state index contributed by atoms with van der Waals surface area (Å²) in [7, 11) is 1.62. The second-order valence-electron chi connectivity index (χ2n) is 6.46. The number of methoxy groups -OCH3 is 1.